The van der Waals surface area contributed by atoms with Crippen LogP contribution in [0.1, 0.15) is 15.9 Å². The highest BCUT2D eigenvalue weighted by Gasteiger charge is 2.20. The molecule has 0 aliphatic carbocycles. The maximum Gasteiger partial charge on any atom is 0.339 e. The van der Waals surface area contributed by atoms with Crippen LogP contribution in [-0.2, 0) is 16.0 Å². The minimum absolute atomic E-state index is 0.190. The highest BCUT2D eigenvalue weighted by atomic mass is 79.9. The van der Waals surface area contributed by atoms with Crippen molar-refractivity contribution in [1.82, 2.24) is 0 Å². The monoisotopic (exact) mass is 300 g/mol. The largest absolute Gasteiger partial charge is 0.465 e. The Morgan fingerprint density at radius 1 is 1.50 bits per heavy atom. The van der Waals surface area contributed by atoms with Crippen LogP contribution in [0.25, 0.3) is 0 Å². The number of ketones is 1. The molecule has 0 radical (unpaired) electrons. The van der Waals surface area contributed by atoms with Gasteiger partial charge in [-0.1, -0.05) is 0 Å². The highest BCUT2D eigenvalue weighted by Crippen LogP contribution is 2.33. The van der Waals surface area contributed by atoms with E-state index in [1.807, 2.05) is 6.07 Å². The number of carbonyl (C=O) groups excluding carboxylic acids is 2. The number of fused-ring (bicyclic) bond motifs is 1. The lowest BCUT2D eigenvalue weighted by molar-refractivity contribution is -0.116. The van der Waals surface area contributed by atoms with Crippen LogP contribution in [0.5, 0.6) is 0 Å². The van der Waals surface area contributed by atoms with Crippen molar-refractivity contribution in [3.8, 4) is 0 Å². The lowest BCUT2D eigenvalue weighted by Crippen LogP contribution is -2.13. The zero-order chi connectivity index (χ0) is 11.7. The van der Waals surface area contributed by atoms with E-state index in [9.17, 15) is 9.59 Å². The van der Waals surface area contributed by atoms with E-state index in [-0.39, 0.29) is 5.78 Å². The molecule has 1 heterocycles. The lowest BCUT2D eigenvalue weighted by atomic mass is 10.1. The van der Waals surface area contributed by atoms with Gasteiger partial charge in [-0.25, -0.2) is 4.79 Å². The molecule has 1 aliphatic rings. The average molecular weight is 301 g/mol. The molecule has 0 fully saturated rings. The highest BCUT2D eigenvalue weighted by molar-refractivity contribution is 9.10. The summed E-state index contributed by atoms with van der Waals surface area (Å²) in [5, 5.41) is 0. The van der Waals surface area contributed by atoms with Crippen molar-refractivity contribution in [3.63, 3.8) is 0 Å². The number of rotatable bonds is 1. The molecule has 16 heavy (non-hydrogen) atoms. The van der Waals surface area contributed by atoms with Crippen LogP contribution in [0.2, 0.25) is 0 Å². The number of ether oxygens (including phenoxy) is 1. The van der Waals surface area contributed by atoms with Crippen LogP contribution in [0, 0.1) is 0 Å². The first kappa shape index (κ1) is 11.7. The van der Waals surface area contributed by atoms with Crippen LogP contribution < -0.4 is 0 Å². The topological polar surface area (TPSA) is 43.4 Å². The van der Waals surface area contributed by atoms with E-state index >= 15 is 0 Å². The van der Waals surface area contributed by atoms with Gasteiger partial charge in [0.1, 0.15) is 5.78 Å². The Bertz CT molecular complexity index is 471. The predicted molar refractivity (Wildman–Crippen MR) is 64.9 cm³/mol. The number of Topliss-reactive ketones (excluding diaryl/α,β-unsaturated/α-hetero) is 1. The summed E-state index contributed by atoms with van der Waals surface area (Å²) in [4.78, 5) is 23.8. The van der Waals surface area contributed by atoms with Gasteiger partial charge in [-0.2, -0.15) is 0 Å². The second-order valence-corrected chi connectivity index (χ2v) is 5.31. The van der Waals surface area contributed by atoms with Gasteiger partial charge in [0.15, 0.2) is 0 Å². The molecule has 1 aliphatic heterocycles. The summed E-state index contributed by atoms with van der Waals surface area (Å²) in [5.74, 6) is 0.310. The van der Waals surface area contributed by atoms with Gasteiger partial charge in [0.05, 0.1) is 18.4 Å². The van der Waals surface area contributed by atoms with Crippen molar-refractivity contribution >= 4 is 39.4 Å². The molecular formula is C11H9BrO3S. The Balaban J connectivity index is 2.46. The van der Waals surface area contributed by atoms with Gasteiger partial charge in [0, 0.05) is 15.8 Å². The molecule has 0 bridgehead atoms. The number of benzene rings is 1. The molecule has 2 rings (SSSR count). The van der Waals surface area contributed by atoms with Gasteiger partial charge in [0.25, 0.3) is 0 Å². The fourth-order valence-corrected chi connectivity index (χ4v) is 3.15. The van der Waals surface area contributed by atoms with E-state index in [1.54, 1.807) is 6.07 Å². The number of hydrogen-bond acceptors (Lipinski definition) is 4. The summed E-state index contributed by atoms with van der Waals surface area (Å²) in [5.41, 5.74) is 1.38. The molecule has 1 aromatic carbocycles. The molecule has 1 aromatic rings. The molecule has 0 amide bonds. The molecule has 0 saturated heterocycles. The van der Waals surface area contributed by atoms with E-state index in [4.69, 9.17) is 0 Å². The molecular weight excluding hydrogens is 292 g/mol. The average Bonchev–Trinajstić information content (AvgIpc) is 2.28. The summed E-state index contributed by atoms with van der Waals surface area (Å²) in [6, 6.07) is 3.61. The van der Waals surface area contributed by atoms with Crippen molar-refractivity contribution in [2.24, 2.45) is 0 Å². The Labute approximate surface area is 106 Å². The van der Waals surface area contributed by atoms with Crippen molar-refractivity contribution in [2.75, 3.05) is 12.9 Å². The quantitative estimate of drug-likeness (QED) is 0.747. The fourth-order valence-electron chi connectivity index (χ4n) is 1.56. The number of halogens is 1. The molecule has 5 heteroatoms. The van der Waals surface area contributed by atoms with Crippen molar-refractivity contribution in [2.45, 2.75) is 11.3 Å². The number of carbonyl (C=O) groups is 2. The first-order valence-electron chi connectivity index (χ1n) is 4.67. The smallest absolute Gasteiger partial charge is 0.339 e. The zero-order valence-corrected chi connectivity index (χ0v) is 11.0. The van der Waals surface area contributed by atoms with E-state index < -0.39 is 5.97 Å². The van der Waals surface area contributed by atoms with Gasteiger partial charge < -0.3 is 4.74 Å². The van der Waals surface area contributed by atoms with E-state index in [1.165, 1.54) is 18.9 Å². The first-order chi connectivity index (χ1) is 7.61. The van der Waals surface area contributed by atoms with Crippen LogP contribution >= 0.6 is 27.7 Å². The third kappa shape index (κ3) is 2.15. The molecule has 3 nitrogen and oxygen atoms in total. The van der Waals surface area contributed by atoms with Gasteiger partial charge in [-0.3, -0.25) is 4.79 Å². The standard InChI is InChI=1S/C11H9BrO3S/c1-15-11(14)8-3-6-2-7(13)5-16-10(6)4-9(8)12/h3-4H,2,5H2,1H3. The first-order valence-corrected chi connectivity index (χ1v) is 6.45. The zero-order valence-electron chi connectivity index (χ0n) is 8.58. The second-order valence-electron chi connectivity index (χ2n) is 3.44. The molecule has 0 atom stereocenters. The van der Waals surface area contributed by atoms with Gasteiger partial charge in [-0.05, 0) is 33.6 Å². The van der Waals surface area contributed by atoms with E-state index in [0.717, 1.165) is 10.5 Å². The summed E-state index contributed by atoms with van der Waals surface area (Å²) in [6.07, 6.45) is 0.402. The van der Waals surface area contributed by atoms with Gasteiger partial charge in [0.2, 0.25) is 0 Å². The summed E-state index contributed by atoms with van der Waals surface area (Å²) in [6.45, 7) is 0. The number of methoxy groups -OCH3 is 1. The van der Waals surface area contributed by atoms with Gasteiger partial charge >= 0.3 is 5.97 Å². The van der Waals surface area contributed by atoms with Gasteiger partial charge in [-0.15, -0.1) is 11.8 Å². The van der Waals surface area contributed by atoms with E-state index in [0.29, 0.717) is 22.2 Å². The molecule has 84 valence electrons. The molecule has 0 saturated carbocycles. The molecule has 0 spiro atoms. The minimum atomic E-state index is -0.391. The molecule has 0 unspecified atom stereocenters. The third-order valence-electron chi connectivity index (χ3n) is 2.33. The Hall–Kier alpha value is -0.810. The van der Waals surface area contributed by atoms with Crippen LogP contribution in [0.3, 0.4) is 0 Å². The number of esters is 1. The van der Waals surface area contributed by atoms with Crippen LogP contribution in [-0.4, -0.2) is 24.6 Å². The molecule has 0 N–H and O–H groups in total. The summed E-state index contributed by atoms with van der Waals surface area (Å²) >= 11 is 4.84. The Morgan fingerprint density at radius 2 is 2.25 bits per heavy atom. The van der Waals surface area contributed by atoms with Crippen molar-refractivity contribution in [1.29, 1.82) is 0 Å². The lowest BCUT2D eigenvalue weighted by Gasteiger charge is -2.16. The summed E-state index contributed by atoms with van der Waals surface area (Å²) < 4.78 is 5.38. The summed E-state index contributed by atoms with van der Waals surface area (Å²) in [7, 11) is 1.34. The Kier molecular flexibility index (Phi) is 3.35. The van der Waals surface area contributed by atoms with Crippen molar-refractivity contribution < 1.29 is 14.3 Å². The second kappa shape index (κ2) is 4.59. The van der Waals surface area contributed by atoms with Crippen LogP contribution in [0.4, 0.5) is 0 Å². The maximum atomic E-state index is 11.5. The predicted octanol–water partition coefficient (Wildman–Crippen LogP) is 2.45. The van der Waals surface area contributed by atoms with E-state index in [2.05, 4.69) is 20.7 Å². The third-order valence-corrected chi connectivity index (χ3v) is 4.15. The number of thioether (sulfide) groups is 1. The SMILES string of the molecule is COC(=O)c1cc2c(cc1Br)SCC(=O)C2. The van der Waals surface area contributed by atoms with Crippen molar-refractivity contribution in [3.05, 3.63) is 27.7 Å². The molecule has 0 aromatic heterocycles. The normalized spacial score (nSPS) is 14.5. The number of hydrogen-bond donors (Lipinski definition) is 0. The fraction of sp³-hybridized carbons (Fsp3) is 0.273. The minimum Gasteiger partial charge on any atom is -0.465 e. The Morgan fingerprint density at radius 3 is 2.94 bits per heavy atom. The maximum absolute atomic E-state index is 11.5. The van der Waals surface area contributed by atoms with Crippen LogP contribution in [0.15, 0.2) is 21.5 Å².